The normalized spacial score (nSPS) is 11.3. The molecule has 1 rings (SSSR count). The predicted molar refractivity (Wildman–Crippen MR) is 77.6 cm³/mol. The summed E-state index contributed by atoms with van der Waals surface area (Å²) in [4.78, 5) is 4.19. The molecule has 0 atom stereocenters. The lowest BCUT2D eigenvalue weighted by Crippen LogP contribution is -2.37. The zero-order chi connectivity index (χ0) is 12.3. The van der Waals surface area contributed by atoms with Crippen LogP contribution in [0.2, 0.25) is 0 Å². The van der Waals surface area contributed by atoms with Gasteiger partial charge in [-0.15, -0.1) is 0 Å². The molecule has 0 aliphatic rings. The number of nitrogens with zero attached hydrogens (tertiary/aromatic N) is 1. The first-order valence-corrected chi connectivity index (χ1v) is 7.23. The van der Waals surface area contributed by atoms with Crippen molar-refractivity contribution in [1.82, 2.24) is 10.6 Å². The van der Waals surface area contributed by atoms with E-state index in [0.29, 0.717) is 0 Å². The maximum absolute atomic E-state index is 4.19. The number of guanidine groups is 1. The maximum atomic E-state index is 4.19. The van der Waals surface area contributed by atoms with Crippen LogP contribution in [0.5, 0.6) is 0 Å². The first-order valence-electron chi connectivity index (χ1n) is 5.84. The Bertz CT molecular complexity index is 325. The molecule has 0 amide bonds. The van der Waals surface area contributed by atoms with Crippen molar-refractivity contribution in [2.45, 2.75) is 13.0 Å². The fourth-order valence-corrected chi connectivity index (χ4v) is 1.86. The number of aliphatic imine (C=N–C) groups is 1. The van der Waals surface area contributed by atoms with Crippen LogP contribution in [-0.2, 0) is 6.54 Å². The van der Waals surface area contributed by atoms with Crippen molar-refractivity contribution in [3.8, 4) is 0 Å². The number of hydrogen-bond donors (Lipinski definition) is 2. The van der Waals surface area contributed by atoms with Crippen LogP contribution < -0.4 is 10.6 Å². The molecule has 0 bridgehead atoms. The van der Waals surface area contributed by atoms with Gasteiger partial charge < -0.3 is 10.6 Å². The zero-order valence-electron chi connectivity index (χ0n) is 10.6. The number of benzene rings is 1. The molecule has 0 aromatic heterocycles. The molecule has 3 nitrogen and oxygen atoms in total. The van der Waals surface area contributed by atoms with E-state index >= 15 is 0 Å². The highest BCUT2D eigenvalue weighted by Gasteiger charge is 1.96. The fourth-order valence-electron chi connectivity index (χ4n) is 1.43. The fraction of sp³-hybridized carbons (Fsp3) is 0.462. The molecule has 94 valence electrons. The van der Waals surface area contributed by atoms with Gasteiger partial charge in [0.25, 0.3) is 0 Å². The Kier molecular flexibility index (Phi) is 7.30. The SMILES string of the molecule is CN=C(NCCCSC)NCc1ccccc1. The molecular weight excluding hydrogens is 230 g/mol. The van der Waals surface area contributed by atoms with Crippen LogP contribution >= 0.6 is 11.8 Å². The molecule has 0 saturated heterocycles. The summed E-state index contributed by atoms with van der Waals surface area (Å²) >= 11 is 1.87. The minimum Gasteiger partial charge on any atom is -0.356 e. The van der Waals surface area contributed by atoms with E-state index in [4.69, 9.17) is 0 Å². The number of thioether (sulfide) groups is 1. The number of hydrogen-bond acceptors (Lipinski definition) is 2. The lowest BCUT2D eigenvalue weighted by atomic mass is 10.2. The average molecular weight is 251 g/mol. The molecular formula is C13H21N3S. The van der Waals surface area contributed by atoms with Gasteiger partial charge in [0, 0.05) is 20.1 Å². The van der Waals surface area contributed by atoms with Crippen LogP contribution in [0.1, 0.15) is 12.0 Å². The summed E-state index contributed by atoms with van der Waals surface area (Å²) in [5.41, 5.74) is 1.26. The molecule has 0 saturated carbocycles. The van der Waals surface area contributed by atoms with E-state index in [1.165, 1.54) is 11.3 Å². The van der Waals surface area contributed by atoms with E-state index in [1.807, 2.05) is 30.0 Å². The van der Waals surface area contributed by atoms with Gasteiger partial charge in [-0.05, 0) is 24.0 Å². The Labute approximate surface area is 108 Å². The third kappa shape index (κ3) is 6.22. The van der Waals surface area contributed by atoms with Gasteiger partial charge in [-0.3, -0.25) is 4.99 Å². The zero-order valence-corrected chi connectivity index (χ0v) is 11.4. The average Bonchev–Trinajstić information content (AvgIpc) is 2.39. The standard InChI is InChI=1S/C13H21N3S/c1-14-13(15-9-6-10-17-2)16-11-12-7-4-3-5-8-12/h3-5,7-8H,6,9-11H2,1-2H3,(H2,14,15,16). The third-order valence-corrected chi connectivity index (χ3v) is 3.04. The molecule has 0 heterocycles. The van der Waals surface area contributed by atoms with Crippen molar-refractivity contribution in [2.24, 2.45) is 4.99 Å². The van der Waals surface area contributed by atoms with Gasteiger partial charge in [0.05, 0.1) is 0 Å². The van der Waals surface area contributed by atoms with Crippen LogP contribution in [-0.4, -0.2) is 31.6 Å². The molecule has 4 heteroatoms. The van der Waals surface area contributed by atoms with Crippen molar-refractivity contribution < 1.29 is 0 Å². The lowest BCUT2D eigenvalue weighted by Gasteiger charge is -2.11. The van der Waals surface area contributed by atoms with E-state index < -0.39 is 0 Å². The van der Waals surface area contributed by atoms with Crippen LogP contribution in [0.3, 0.4) is 0 Å². The van der Waals surface area contributed by atoms with Crippen molar-refractivity contribution in [3.05, 3.63) is 35.9 Å². The molecule has 17 heavy (non-hydrogen) atoms. The van der Waals surface area contributed by atoms with E-state index in [9.17, 15) is 0 Å². The molecule has 1 aromatic rings. The van der Waals surface area contributed by atoms with E-state index in [-0.39, 0.29) is 0 Å². The van der Waals surface area contributed by atoms with Gasteiger partial charge in [0.1, 0.15) is 0 Å². The van der Waals surface area contributed by atoms with Crippen LogP contribution in [0.15, 0.2) is 35.3 Å². The first-order chi connectivity index (χ1) is 8.36. The van der Waals surface area contributed by atoms with Crippen molar-refractivity contribution in [2.75, 3.05) is 25.6 Å². The van der Waals surface area contributed by atoms with Crippen molar-refractivity contribution >= 4 is 17.7 Å². The summed E-state index contributed by atoms with van der Waals surface area (Å²) in [5, 5.41) is 6.59. The minimum absolute atomic E-state index is 0.809. The van der Waals surface area contributed by atoms with Crippen molar-refractivity contribution in [3.63, 3.8) is 0 Å². The smallest absolute Gasteiger partial charge is 0.191 e. The summed E-state index contributed by atoms with van der Waals surface area (Å²) in [6, 6.07) is 10.3. The van der Waals surface area contributed by atoms with Gasteiger partial charge >= 0.3 is 0 Å². The summed E-state index contributed by atoms with van der Waals surface area (Å²) in [7, 11) is 1.80. The van der Waals surface area contributed by atoms with Crippen LogP contribution in [0.25, 0.3) is 0 Å². The Morgan fingerprint density at radius 1 is 1.24 bits per heavy atom. The second kappa shape index (κ2) is 8.93. The summed E-state index contributed by atoms with van der Waals surface area (Å²) < 4.78 is 0. The summed E-state index contributed by atoms with van der Waals surface area (Å²) in [5.74, 6) is 2.05. The van der Waals surface area contributed by atoms with E-state index in [2.05, 4.69) is 34.0 Å². The van der Waals surface area contributed by atoms with E-state index in [1.54, 1.807) is 7.05 Å². The second-order valence-electron chi connectivity index (χ2n) is 3.68. The summed E-state index contributed by atoms with van der Waals surface area (Å²) in [6.07, 6.45) is 3.29. The summed E-state index contributed by atoms with van der Waals surface area (Å²) in [6.45, 7) is 1.78. The molecule has 1 aromatic carbocycles. The molecule has 2 N–H and O–H groups in total. The molecule has 0 fully saturated rings. The minimum atomic E-state index is 0.809. The van der Waals surface area contributed by atoms with E-state index in [0.717, 1.165) is 25.5 Å². The number of rotatable bonds is 6. The quantitative estimate of drug-likeness (QED) is 0.462. The first kappa shape index (κ1) is 13.9. The van der Waals surface area contributed by atoms with Crippen molar-refractivity contribution in [1.29, 1.82) is 0 Å². The lowest BCUT2D eigenvalue weighted by molar-refractivity contribution is 0.786. The van der Waals surface area contributed by atoms with Gasteiger partial charge in [0.2, 0.25) is 0 Å². The largest absolute Gasteiger partial charge is 0.356 e. The van der Waals surface area contributed by atoms with Gasteiger partial charge in [0.15, 0.2) is 5.96 Å². The van der Waals surface area contributed by atoms with Gasteiger partial charge in [-0.1, -0.05) is 30.3 Å². The Morgan fingerprint density at radius 2 is 2.00 bits per heavy atom. The molecule has 0 unspecified atom stereocenters. The Balaban J connectivity index is 2.24. The van der Waals surface area contributed by atoms with Crippen LogP contribution in [0.4, 0.5) is 0 Å². The highest BCUT2D eigenvalue weighted by Crippen LogP contribution is 1.97. The van der Waals surface area contributed by atoms with Crippen LogP contribution in [0, 0.1) is 0 Å². The molecule has 0 aliphatic heterocycles. The Hall–Kier alpha value is -1.16. The highest BCUT2D eigenvalue weighted by atomic mass is 32.2. The Morgan fingerprint density at radius 3 is 2.65 bits per heavy atom. The molecule has 0 aliphatic carbocycles. The van der Waals surface area contributed by atoms with Gasteiger partial charge in [-0.25, -0.2) is 0 Å². The number of nitrogens with one attached hydrogen (secondary N) is 2. The maximum Gasteiger partial charge on any atom is 0.191 e. The monoisotopic (exact) mass is 251 g/mol. The van der Waals surface area contributed by atoms with Gasteiger partial charge in [-0.2, -0.15) is 11.8 Å². The molecule has 0 spiro atoms. The third-order valence-electron chi connectivity index (χ3n) is 2.34. The molecule has 0 radical (unpaired) electrons. The topological polar surface area (TPSA) is 36.4 Å². The second-order valence-corrected chi connectivity index (χ2v) is 4.67. The highest BCUT2D eigenvalue weighted by molar-refractivity contribution is 7.98. The predicted octanol–water partition coefficient (Wildman–Crippen LogP) is 2.10.